The van der Waals surface area contributed by atoms with Crippen molar-refractivity contribution < 1.29 is 194 Å². The molecule has 0 fully saturated rings. The van der Waals surface area contributed by atoms with E-state index >= 15 is 0 Å². The second kappa shape index (κ2) is 24.0. The van der Waals surface area contributed by atoms with Gasteiger partial charge in [0.05, 0.1) is 26.1 Å². The number of amidine groups is 1. The molecule has 0 amide bonds. The zero-order valence-corrected chi connectivity index (χ0v) is 41.9. The van der Waals surface area contributed by atoms with Gasteiger partial charge in [0.15, 0.2) is 0 Å². The van der Waals surface area contributed by atoms with Crippen LogP contribution in [-0.2, 0) is 47.4 Å². The van der Waals surface area contributed by atoms with Crippen LogP contribution in [0.15, 0.2) is 132 Å². The minimum Gasteiger partial charge on any atom is -0.883 e. The molecule has 289 valence electrons. The molecule has 5 rings (SSSR count). The van der Waals surface area contributed by atoms with Crippen molar-refractivity contribution in [2.45, 2.75) is 9.79 Å². The van der Waals surface area contributed by atoms with E-state index in [9.17, 15) is 58.6 Å². The number of nitrogens with one attached hydrogen (secondary N) is 2. The van der Waals surface area contributed by atoms with Crippen molar-refractivity contribution >= 4 is 70.9 Å². The Morgan fingerprint density at radius 2 is 1.32 bits per heavy atom. The van der Waals surface area contributed by atoms with Gasteiger partial charge in [-0.3, -0.25) is 0 Å². The number of aromatic nitrogens is 3. The van der Waals surface area contributed by atoms with Crippen LogP contribution in [0.4, 0.5) is 33.3 Å². The van der Waals surface area contributed by atoms with Crippen LogP contribution in [0.25, 0.3) is 0 Å². The third kappa shape index (κ3) is 16.0. The SMILES string of the molecule is O=S(=O)([O-])C1=C/C(=N\N=C(/N=Nc2cc(S(=O)(=O)[O-])cc(Nc3nc(F)nc(Nc4cccc(S(=O)(=O)[O-])c4)n3)c2[O-])c2ccccc2)C(=C([O-])[O-])C=C1.[Cu+2].[Na+].[Na+].[Na+].[Na+]. The molecule has 0 bridgehead atoms. The average molecular weight is 953 g/mol. The minimum absolute atomic E-state index is 0. The summed E-state index contributed by atoms with van der Waals surface area (Å²) in [4.78, 5) is 8.01. The average Bonchev–Trinajstić information content (AvgIpc) is 3.08. The molecule has 1 aliphatic rings. The second-order valence-electron chi connectivity index (χ2n) is 10.3. The van der Waals surface area contributed by atoms with Gasteiger partial charge in [-0.1, -0.05) is 48.2 Å². The number of rotatable bonds is 10. The van der Waals surface area contributed by atoms with Gasteiger partial charge in [-0.05, 0) is 48.1 Å². The normalized spacial score (nSPS) is 13.4. The number of azo groups is 1. The molecular formula is C29H16CuFN9Na4O12S3. The van der Waals surface area contributed by atoms with Crippen LogP contribution >= 0.6 is 0 Å². The summed E-state index contributed by atoms with van der Waals surface area (Å²) < 4.78 is 119. The molecule has 21 nitrogen and oxygen atoms in total. The van der Waals surface area contributed by atoms with E-state index in [0.717, 1.165) is 18.2 Å². The van der Waals surface area contributed by atoms with Crippen LogP contribution in [0.1, 0.15) is 5.56 Å². The number of allylic oxidation sites excluding steroid dienone is 4. The predicted molar refractivity (Wildman–Crippen MR) is 173 cm³/mol. The van der Waals surface area contributed by atoms with E-state index in [0.29, 0.717) is 24.3 Å². The zero-order valence-electron chi connectivity index (χ0n) is 30.5. The van der Waals surface area contributed by atoms with Gasteiger partial charge >= 0.3 is 141 Å². The van der Waals surface area contributed by atoms with Crippen molar-refractivity contribution in [1.82, 2.24) is 15.0 Å². The molecule has 0 unspecified atom stereocenters. The van der Waals surface area contributed by atoms with Crippen LogP contribution in [-0.4, -0.2) is 65.4 Å². The number of anilines is 4. The molecule has 2 N–H and O–H groups in total. The van der Waals surface area contributed by atoms with Gasteiger partial charge in [0.25, 0.3) is 0 Å². The maximum atomic E-state index is 14.4. The molecular weight excluding hydrogens is 937 g/mol. The first-order chi connectivity index (χ1) is 25.3. The molecule has 1 radical (unpaired) electrons. The van der Waals surface area contributed by atoms with E-state index in [-0.39, 0.29) is 147 Å². The van der Waals surface area contributed by atoms with E-state index in [1.807, 2.05) is 0 Å². The van der Waals surface area contributed by atoms with Gasteiger partial charge in [-0.25, -0.2) is 25.3 Å². The molecule has 30 heteroatoms. The summed E-state index contributed by atoms with van der Waals surface area (Å²) in [6, 6.07) is 12.8. The van der Waals surface area contributed by atoms with Crippen molar-refractivity contribution in [2.75, 3.05) is 10.6 Å². The smallest absolute Gasteiger partial charge is 0.883 e. The number of hydrogen-bond acceptors (Lipinski definition) is 20. The molecule has 3 aromatic carbocycles. The number of hydrogen-bond donors (Lipinski definition) is 2. The van der Waals surface area contributed by atoms with Crippen molar-refractivity contribution in [2.24, 2.45) is 20.4 Å². The van der Waals surface area contributed by atoms with Crippen LogP contribution < -0.4 is 144 Å². The van der Waals surface area contributed by atoms with Crippen LogP contribution in [0, 0.1) is 6.08 Å². The van der Waals surface area contributed by atoms with E-state index < -0.39 is 103 Å². The van der Waals surface area contributed by atoms with Crippen LogP contribution in [0.5, 0.6) is 5.75 Å². The molecule has 0 spiro atoms. The number of benzene rings is 3. The maximum absolute atomic E-state index is 14.4. The topological polar surface area (TPSA) is 353 Å². The maximum Gasteiger partial charge on any atom is 2.00 e. The Kier molecular flexibility index (Phi) is 23.2. The largest absolute Gasteiger partial charge is 2.00 e. The molecule has 59 heavy (non-hydrogen) atoms. The van der Waals surface area contributed by atoms with E-state index in [1.165, 1.54) is 36.4 Å². The third-order valence-corrected chi connectivity index (χ3v) is 9.06. The molecule has 4 aromatic rings. The van der Waals surface area contributed by atoms with Gasteiger partial charge in [0, 0.05) is 16.9 Å². The predicted octanol–water partition coefficient (Wildman–Crippen LogP) is -11.8. The van der Waals surface area contributed by atoms with Crippen LogP contribution in [0.2, 0.25) is 0 Å². The summed E-state index contributed by atoms with van der Waals surface area (Å²) in [7, 11) is -15.3. The standard InChI is InChI=1S/C29H22FN9O12S3.Cu.4Na/c30-27-33-28(31-16-7-4-8-17(11-16)52(43,44)45)35-29(34-27)32-22-13-19(54(49,50)51)14-23(24(22)40)37-39-25(15-5-2-1-3-6-15)38-36-21-12-18(53(46,47)48)9-10-20(21)26(41)42;;;;;/h1-14,40-42H,(H,43,44,45)(H,46,47,48)(H,49,50,51)(H2,31,32,33,34,35);;;;;/q;+2;4*+1/p-6/b36-21+,38-25-,39-37?;;;;;. The van der Waals surface area contributed by atoms with Crippen molar-refractivity contribution in [3.05, 3.63) is 113 Å². The quantitative estimate of drug-likeness (QED) is 0.0283. The Hall–Kier alpha value is -1.99. The Balaban J connectivity index is 0.00000673. The summed E-state index contributed by atoms with van der Waals surface area (Å²) in [6.45, 7) is 0. The Morgan fingerprint density at radius 1 is 0.712 bits per heavy atom. The Labute approximate surface area is 433 Å². The van der Waals surface area contributed by atoms with Gasteiger partial charge in [0.2, 0.25) is 17.7 Å². The first-order valence-corrected chi connectivity index (χ1v) is 18.4. The Morgan fingerprint density at radius 3 is 1.90 bits per heavy atom. The van der Waals surface area contributed by atoms with Crippen molar-refractivity contribution in [1.29, 1.82) is 0 Å². The van der Waals surface area contributed by atoms with Gasteiger partial charge in [-0.15, -0.1) is 20.4 Å². The fourth-order valence-electron chi connectivity index (χ4n) is 4.19. The fraction of sp³-hybridized carbons (Fsp3) is 0. The molecule has 1 aromatic heterocycles. The van der Waals surface area contributed by atoms with Crippen LogP contribution in [0.3, 0.4) is 0 Å². The van der Waals surface area contributed by atoms with E-state index in [2.05, 4.69) is 46.0 Å². The van der Waals surface area contributed by atoms with Crippen molar-refractivity contribution in [3.63, 3.8) is 0 Å². The molecule has 0 saturated carbocycles. The number of halogens is 1. The summed E-state index contributed by atoms with van der Waals surface area (Å²) in [5, 5.41) is 56.3. The molecule has 1 heterocycles. The van der Waals surface area contributed by atoms with Gasteiger partial charge in [-0.2, -0.15) is 25.3 Å². The molecule has 1 aliphatic carbocycles. The van der Waals surface area contributed by atoms with E-state index in [1.54, 1.807) is 6.07 Å². The fourth-order valence-corrected chi connectivity index (χ4v) is 5.71. The summed E-state index contributed by atoms with van der Waals surface area (Å²) in [5.74, 6) is -4.82. The van der Waals surface area contributed by atoms with Gasteiger partial charge in [0.1, 0.15) is 30.4 Å². The minimum atomic E-state index is -5.33. The van der Waals surface area contributed by atoms with Crippen molar-refractivity contribution in [3.8, 4) is 5.75 Å². The summed E-state index contributed by atoms with van der Waals surface area (Å²) in [5.41, 5.74) is -2.92. The third-order valence-electron chi connectivity index (χ3n) is 6.58. The monoisotopic (exact) mass is 952 g/mol. The first-order valence-electron chi connectivity index (χ1n) is 14.2. The molecule has 0 aliphatic heterocycles. The zero-order chi connectivity index (χ0) is 39.4. The Bertz CT molecular complexity index is 2710. The molecule has 0 atom stereocenters. The summed E-state index contributed by atoms with van der Waals surface area (Å²) >= 11 is 0. The van der Waals surface area contributed by atoms with Gasteiger partial charge < -0.3 is 39.6 Å². The molecule has 0 saturated heterocycles. The summed E-state index contributed by atoms with van der Waals surface area (Å²) in [6.07, 6.45) is 0.585. The van der Waals surface area contributed by atoms with E-state index in [4.69, 9.17) is 0 Å². The second-order valence-corrected chi connectivity index (χ2v) is 14.4. The number of nitrogens with zero attached hydrogens (tertiary/aromatic N) is 7. The first kappa shape index (κ1) is 57.0.